The first-order chi connectivity index (χ1) is 7.16. The van der Waals surface area contributed by atoms with E-state index < -0.39 is 0 Å². The third kappa shape index (κ3) is 3.60. The van der Waals surface area contributed by atoms with Gasteiger partial charge in [-0.1, -0.05) is 18.2 Å². The molecule has 79 valence electrons. The monoisotopic (exact) mass is 331 g/mol. The Kier molecular flexibility index (Phi) is 5.31. The van der Waals surface area contributed by atoms with Gasteiger partial charge in [0.25, 0.3) is 0 Å². The molecule has 0 aliphatic heterocycles. The molecule has 0 bridgehead atoms. The van der Waals surface area contributed by atoms with Gasteiger partial charge in [0.2, 0.25) is 0 Å². The molecular weight excluding hydrogens is 319 g/mol. The van der Waals surface area contributed by atoms with Gasteiger partial charge in [-0.25, -0.2) is 4.79 Å². The van der Waals surface area contributed by atoms with Crippen molar-refractivity contribution in [2.24, 2.45) is 0 Å². The van der Waals surface area contributed by atoms with E-state index in [0.717, 1.165) is 21.6 Å². The first-order valence-electron chi connectivity index (χ1n) is 4.73. The molecule has 0 fully saturated rings. The van der Waals surface area contributed by atoms with E-state index in [9.17, 15) is 4.79 Å². The molecule has 1 aromatic carbocycles. The van der Waals surface area contributed by atoms with Gasteiger partial charge in [-0.3, -0.25) is 0 Å². The standard InChI is InChI=1S/C11H12IO2Si/c1-8-4-2-5-9(12)10(8)11(13)14-6-3-7-15/h2,4-5H,3,6-7H2,1H3. The number of carbonyl (C=O) groups excluding carboxylic acids is 1. The number of aryl methyl sites for hydroxylation is 1. The van der Waals surface area contributed by atoms with Gasteiger partial charge in [0, 0.05) is 13.8 Å². The predicted molar refractivity (Wildman–Crippen MR) is 69.4 cm³/mol. The quantitative estimate of drug-likeness (QED) is 0.367. The summed E-state index contributed by atoms with van der Waals surface area (Å²) in [7, 11) is 3.34. The second kappa shape index (κ2) is 6.27. The molecular formula is C11H12IO2Si. The van der Waals surface area contributed by atoms with Crippen LogP contribution < -0.4 is 0 Å². The Labute approximate surface area is 107 Å². The van der Waals surface area contributed by atoms with E-state index >= 15 is 0 Å². The molecule has 0 amide bonds. The second-order valence-corrected chi connectivity index (χ2v) is 4.83. The van der Waals surface area contributed by atoms with Crippen LogP contribution in [0.15, 0.2) is 18.2 Å². The van der Waals surface area contributed by atoms with Gasteiger partial charge in [-0.15, -0.1) is 0 Å². The largest absolute Gasteiger partial charge is 0.462 e. The maximum Gasteiger partial charge on any atom is 0.339 e. The fourth-order valence-corrected chi connectivity index (χ4v) is 2.20. The van der Waals surface area contributed by atoms with Gasteiger partial charge in [0.05, 0.1) is 12.2 Å². The van der Waals surface area contributed by atoms with E-state index in [-0.39, 0.29) is 5.97 Å². The third-order valence-corrected chi connectivity index (χ3v) is 3.23. The van der Waals surface area contributed by atoms with Crippen LogP contribution in [0.1, 0.15) is 22.3 Å². The minimum Gasteiger partial charge on any atom is -0.462 e. The number of rotatable bonds is 4. The van der Waals surface area contributed by atoms with Crippen molar-refractivity contribution in [3.63, 3.8) is 0 Å². The molecule has 0 N–H and O–H groups in total. The first-order valence-corrected chi connectivity index (χ1v) is 6.52. The Hall–Kier alpha value is -0.363. The number of halogens is 1. The summed E-state index contributed by atoms with van der Waals surface area (Å²) in [5.41, 5.74) is 1.65. The van der Waals surface area contributed by atoms with Crippen molar-refractivity contribution in [2.45, 2.75) is 19.4 Å². The van der Waals surface area contributed by atoms with Crippen molar-refractivity contribution >= 4 is 38.8 Å². The van der Waals surface area contributed by atoms with Crippen molar-refractivity contribution in [1.29, 1.82) is 0 Å². The van der Waals surface area contributed by atoms with E-state index in [0.29, 0.717) is 12.2 Å². The lowest BCUT2D eigenvalue weighted by molar-refractivity contribution is 0.0503. The van der Waals surface area contributed by atoms with Crippen molar-refractivity contribution in [3.8, 4) is 0 Å². The number of carbonyl (C=O) groups is 1. The smallest absolute Gasteiger partial charge is 0.339 e. The highest BCUT2D eigenvalue weighted by molar-refractivity contribution is 14.1. The van der Waals surface area contributed by atoms with Gasteiger partial charge in [-0.2, -0.15) is 0 Å². The van der Waals surface area contributed by atoms with Crippen LogP contribution in [0, 0.1) is 10.5 Å². The molecule has 0 unspecified atom stereocenters. The number of hydrogen-bond acceptors (Lipinski definition) is 2. The lowest BCUT2D eigenvalue weighted by atomic mass is 10.1. The Morgan fingerprint density at radius 3 is 2.87 bits per heavy atom. The van der Waals surface area contributed by atoms with Gasteiger partial charge in [0.15, 0.2) is 0 Å². The first kappa shape index (κ1) is 12.7. The Morgan fingerprint density at radius 1 is 1.53 bits per heavy atom. The highest BCUT2D eigenvalue weighted by atomic mass is 127. The lowest BCUT2D eigenvalue weighted by Crippen LogP contribution is -2.10. The zero-order valence-corrected chi connectivity index (χ0v) is 11.7. The zero-order chi connectivity index (χ0) is 11.3. The molecule has 1 aromatic rings. The average Bonchev–Trinajstić information content (AvgIpc) is 2.18. The second-order valence-electron chi connectivity index (χ2n) is 3.17. The van der Waals surface area contributed by atoms with Crippen LogP contribution in [0.2, 0.25) is 6.04 Å². The van der Waals surface area contributed by atoms with Crippen molar-refractivity contribution < 1.29 is 9.53 Å². The molecule has 0 aromatic heterocycles. The van der Waals surface area contributed by atoms with Crippen LogP contribution in [-0.4, -0.2) is 22.8 Å². The fourth-order valence-electron chi connectivity index (χ4n) is 1.20. The number of benzene rings is 1. The molecule has 3 radical (unpaired) electrons. The van der Waals surface area contributed by atoms with Crippen molar-refractivity contribution in [1.82, 2.24) is 0 Å². The Balaban J connectivity index is 2.73. The summed E-state index contributed by atoms with van der Waals surface area (Å²) in [4.78, 5) is 11.7. The summed E-state index contributed by atoms with van der Waals surface area (Å²) >= 11 is 2.15. The average molecular weight is 331 g/mol. The molecule has 0 atom stereocenters. The van der Waals surface area contributed by atoms with Crippen molar-refractivity contribution in [3.05, 3.63) is 32.9 Å². The van der Waals surface area contributed by atoms with Crippen LogP contribution in [-0.2, 0) is 4.74 Å². The van der Waals surface area contributed by atoms with Crippen LogP contribution in [0.4, 0.5) is 0 Å². The van der Waals surface area contributed by atoms with Crippen LogP contribution in [0.5, 0.6) is 0 Å². The summed E-state index contributed by atoms with van der Waals surface area (Å²) in [5.74, 6) is -0.224. The molecule has 4 heteroatoms. The Bertz CT molecular complexity index is 332. The minimum absolute atomic E-state index is 0.224. The maximum absolute atomic E-state index is 11.7. The fraction of sp³-hybridized carbons (Fsp3) is 0.364. The molecule has 15 heavy (non-hydrogen) atoms. The molecule has 0 aliphatic carbocycles. The number of ether oxygens (including phenoxy) is 1. The van der Waals surface area contributed by atoms with E-state index in [2.05, 4.69) is 32.8 Å². The summed E-state index contributed by atoms with van der Waals surface area (Å²) in [6.45, 7) is 2.38. The molecule has 0 saturated heterocycles. The molecule has 0 saturated carbocycles. The van der Waals surface area contributed by atoms with Crippen LogP contribution in [0.3, 0.4) is 0 Å². The summed E-state index contributed by atoms with van der Waals surface area (Å²) in [5, 5.41) is 0. The summed E-state index contributed by atoms with van der Waals surface area (Å²) < 4.78 is 6.10. The van der Waals surface area contributed by atoms with Crippen molar-refractivity contribution in [2.75, 3.05) is 6.61 Å². The van der Waals surface area contributed by atoms with E-state index in [1.54, 1.807) is 0 Å². The molecule has 0 heterocycles. The highest BCUT2D eigenvalue weighted by Crippen LogP contribution is 2.17. The molecule has 0 spiro atoms. The van der Waals surface area contributed by atoms with Gasteiger partial charge in [-0.05, 0) is 47.6 Å². The number of esters is 1. The van der Waals surface area contributed by atoms with Crippen LogP contribution >= 0.6 is 22.6 Å². The molecule has 2 nitrogen and oxygen atoms in total. The predicted octanol–water partition coefficient (Wildman–Crippen LogP) is 2.73. The summed E-state index contributed by atoms with van der Waals surface area (Å²) in [6, 6.07) is 6.61. The van der Waals surface area contributed by atoms with E-state index in [1.165, 1.54) is 0 Å². The summed E-state index contributed by atoms with van der Waals surface area (Å²) in [6.07, 6.45) is 0.838. The maximum atomic E-state index is 11.7. The topological polar surface area (TPSA) is 26.3 Å². The van der Waals surface area contributed by atoms with E-state index in [1.807, 2.05) is 25.1 Å². The lowest BCUT2D eigenvalue weighted by Gasteiger charge is -2.08. The normalized spacial score (nSPS) is 10.1. The third-order valence-electron chi connectivity index (χ3n) is 1.98. The zero-order valence-electron chi connectivity index (χ0n) is 8.55. The van der Waals surface area contributed by atoms with Gasteiger partial charge < -0.3 is 4.74 Å². The minimum atomic E-state index is -0.224. The van der Waals surface area contributed by atoms with E-state index in [4.69, 9.17) is 4.74 Å². The van der Waals surface area contributed by atoms with Crippen LogP contribution in [0.25, 0.3) is 0 Å². The highest BCUT2D eigenvalue weighted by Gasteiger charge is 2.13. The molecule has 0 aliphatic rings. The molecule has 1 rings (SSSR count). The SMILES string of the molecule is Cc1cccc(I)c1C(=O)OCCC[Si]. The van der Waals surface area contributed by atoms with Gasteiger partial charge >= 0.3 is 5.97 Å². The van der Waals surface area contributed by atoms with Gasteiger partial charge in [0.1, 0.15) is 0 Å². The Morgan fingerprint density at radius 2 is 2.27 bits per heavy atom. The number of hydrogen-bond donors (Lipinski definition) is 0.